The van der Waals surface area contributed by atoms with Crippen molar-refractivity contribution >= 4 is 56.8 Å². The molecule has 0 radical (unpaired) electrons. The van der Waals surface area contributed by atoms with Crippen LogP contribution in [0, 0.1) is 0 Å². The Kier molecular flexibility index (Phi) is 8.48. The molecule has 0 aromatic carbocycles. The Morgan fingerprint density at radius 1 is 1.14 bits per heavy atom. The quantitative estimate of drug-likeness (QED) is 0.550. The summed E-state index contributed by atoms with van der Waals surface area (Å²) in [4.78, 5) is 44.4. The third-order valence-corrected chi connectivity index (χ3v) is 8.65. The molecule has 3 aliphatic rings. The summed E-state index contributed by atoms with van der Waals surface area (Å²) < 4.78 is 33.3. The molecule has 0 spiro atoms. The summed E-state index contributed by atoms with van der Waals surface area (Å²) in [5.74, 6) is -0.801. The molecule has 0 unspecified atom stereocenters. The molecule has 3 amide bonds. The Bertz CT molecular complexity index is 1090. The highest BCUT2D eigenvalue weighted by atomic mass is 35.5. The Morgan fingerprint density at radius 2 is 1.89 bits per heavy atom. The molecule has 0 aliphatic carbocycles. The molecule has 192 valence electrons. The second-order valence-corrected chi connectivity index (χ2v) is 12.1. The van der Waals surface area contributed by atoms with Gasteiger partial charge in [0.15, 0.2) is 0 Å². The summed E-state index contributed by atoms with van der Waals surface area (Å²) in [5.41, 5.74) is 0. The molecule has 35 heavy (non-hydrogen) atoms. The highest BCUT2D eigenvalue weighted by molar-refractivity contribution is 7.92. The van der Waals surface area contributed by atoms with Crippen molar-refractivity contribution in [2.75, 3.05) is 45.9 Å². The first kappa shape index (κ1) is 26.1. The van der Waals surface area contributed by atoms with Crippen molar-refractivity contribution in [1.29, 1.82) is 0 Å². The molecule has 3 aliphatic heterocycles. The van der Waals surface area contributed by atoms with Gasteiger partial charge in [0.1, 0.15) is 12.1 Å². The summed E-state index contributed by atoms with van der Waals surface area (Å²) in [5, 5.41) is 1.01. The number of rotatable bonds is 7. The van der Waals surface area contributed by atoms with Gasteiger partial charge in [0.05, 0.1) is 24.1 Å². The van der Waals surface area contributed by atoms with Crippen LogP contribution in [0.1, 0.15) is 30.6 Å². The van der Waals surface area contributed by atoms with Crippen LogP contribution in [0.2, 0.25) is 4.34 Å². The monoisotopic (exact) mass is 544 g/mol. The van der Waals surface area contributed by atoms with E-state index in [1.807, 2.05) is 0 Å². The van der Waals surface area contributed by atoms with Crippen LogP contribution in [-0.4, -0.2) is 98.9 Å². The van der Waals surface area contributed by atoms with Crippen LogP contribution in [0.4, 0.5) is 0 Å². The molecule has 1 N–H and O–H groups in total. The van der Waals surface area contributed by atoms with Crippen LogP contribution in [0.25, 0.3) is 6.08 Å². The van der Waals surface area contributed by atoms with E-state index < -0.39 is 28.0 Å². The summed E-state index contributed by atoms with van der Waals surface area (Å²) in [6, 6.07) is 1.91. The van der Waals surface area contributed by atoms with Gasteiger partial charge in [0.25, 0.3) is 0 Å². The first-order valence-electron chi connectivity index (χ1n) is 11.6. The second kappa shape index (κ2) is 11.4. The van der Waals surface area contributed by atoms with Crippen LogP contribution >= 0.6 is 22.9 Å². The number of ether oxygens (including phenoxy) is 1. The number of hydrogen-bond acceptors (Lipinski definition) is 7. The number of carbonyl (C=O) groups is 3. The molecule has 0 saturated carbocycles. The minimum atomic E-state index is -3.87. The highest BCUT2D eigenvalue weighted by Crippen LogP contribution is 2.23. The zero-order valence-corrected chi connectivity index (χ0v) is 21.6. The number of sulfonamides is 1. The summed E-state index contributed by atoms with van der Waals surface area (Å²) in [6.45, 7) is 2.66. The zero-order valence-electron chi connectivity index (χ0n) is 19.2. The van der Waals surface area contributed by atoms with E-state index in [2.05, 4.69) is 4.72 Å². The van der Waals surface area contributed by atoms with Crippen LogP contribution in [0.5, 0.6) is 0 Å². The topological polar surface area (TPSA) is 116 Å². The van der Waals surface area contributed by atoms with E-state index in [9.17, 15) is 22.8 Å². The van der Waals surface area contributed by atoms with Crippen molar-refractivity contribution in [2.45, 2.75) is 37.8 Å². The van der Waals surface area contributed by atoms with Gasteiger partial charge >= 0.3 is 0 Å². The molecule has 3 fully saturated rings. The predicted molar refractivity (Wildman–Crippen MR) is 132 cm³/mol. The zero-order chi connectivity index (χ0) is 25.0. The minimum absolute atomic E-state index is 0.0754. The molecule has 13 heteroatoms. The molecule has 1 aromatic heterocycles. The number of carbonyl (C=O) groups excluding carboxylic acids is 3. The number of likely N-dealkylation sites (tertiary alicyclic amines) is 2. The van der Waals surface area contributed by atoms with Crippen LogP contribution in [0.3, 0.4) is 0 Å². The molecule has 2 atom stereocenters. The summed E-state index contributed by atoms with van der Waals surface area (Å²) >= 11 is 7.11. The minimum Gasteiger partial charge on any atom is -0.378 e. The first-order valence-corrected chi connectivity index (χ1v) is 14.4. The maximum atomic E-state index is 13.1. The third-order valence-electron chi connectivity index (χ3n) is 6.35. The van der Waals surface area contributed by atoms with Crippen molar-refractivity contribution in [3.63, 3.8) is 0 Å². The van der Waals surface area contributed by atoms with E-state index in [0.717, 1.165) is 11.8 Å². The van der Waals surface area contributed by atoms with Crippen molar-refractivity contribution < 1.29 is 27.5 Å². The van der Waals surface area contributed by atoms with Gasteiger partial charge in [-0.3, -0.25) is 14.4 Å². The average Bonchev–Trinajstić information content (AvgIpc) is 3.49. The summed E-state index contributed by atoms with van der Waals surface area (Å²) in [6.07, 6.45) is 3.66. The molecule has 10 nitrogen and oxygen atoms in total. The number of nitrogens with one attached hydrogen (secondary N) is 1. The van der Waals surface area contributed by atoms with E-state index >= 15 is 0 Å². The SMILES string of the molecule is O=C1[C@@H](NS(=O)(=O)/C=C/c2ccc(Cl)s2)CCCN1CC(=O)N1CCC[C@H]1C(=O)N1CCOCC1. The van der Waals surface area contributed by atoms with Crippen molar-refractivity contribution in [3.05, 3.63) is 26.8 Å². The van der Waals surface area contributed by atoms with Gasteiger partial charge < -0.3 is 19.4 Å². The average molecular weight is 545 g/mol. The Hall–Kier alpha value is -1.99. The number of halogens is 1. The van der Waals surface area contributed by atoms with Crippen molar-refractivity contribution in [1.82, 2.24) is 19.4 Å². The standard InChI is InChI=1S/C22H29ClN4O6S2/c23-19-6-5-16(34-19)7-14-35(31,32)24-17-3-1-8-26(21(17)29)15-20(28)27-9-2-4-18(27)22(30)25-10-12-33-13-11-25/h5-7,14,17-18,24H,1-4,8-13,15H2/b14-7+/t17-,18-/m0/s1. The lowest BCUT2D eigenvalue weighted by Crippen LogP contribution is -2.56. The number of hydrogen-bond donors (Lipinski definition) is 1. The molecular formula is C22H29ClN4O6S2. The Morgan fingerprint density at radius 3 is 2.60 bits per heavy atom. The van der Waals surface area contributed by atoms with Gasteiger partial charge in [-0.2, -0.15) is 4.72 Å². The van der Waals surface area contributed by atoms with E-state index in [0.29, 0.717) is 67.9 Å². The van der Waals surface area contributed by atoms with E-state index in [4.69, 9.17) is 16.3 Å². The Labute approximate surface area is 213 Å². The molecule has 3 saturated heterocycles. The molecule has 1 aromatic rings. The molecule has 4 heterocycles. The lowest BCUT2D eigenvalue weighted by atomic mass is 10.1. The number of nitrogens with zero attached hydrogens (tertiary/aromatic N) is 3. The fourth-order valence-electron chi connectivity index (χ4n) is 4.59. The van der Waals surface area contributed by atoms with E-state index in [1.165, 1.54) is 22.3 Å². The van der Waals surface area contributed by atoms with Crippen LogP contribution < -0.4 is 4.72 Å². The predicted octanol–water partition coefficient (Wildman–Crippen LogP) is 1.13. The number of thiophene rings is 1. The van der Waals surface area contributed by atoms with Gasteiger partial charge in [0.2, 0.25) is 27.7 Å². The second-order valence-electron chi connectivity index (χ2n) is 8.74. The number of morpholine rings is 1. The molecule has 0 bridgehead atoms. The maximum absolute atomic E-state index is 13.1. The Balaban J connectivity index is 1.35. The largest absolute Gasteiger partial charge is 0.378 e. The smallest absolute Gasteiger partial charge is 0.245 e. The van der Waals surface area contributed by atoms with Crippen LogP contribution in [0.15, 0.2) is 17.5 Å². The van der Waals surface area contributed by atoms with Gasteiger partial charge in [0, 0.05) is 36.5 Å². The first-order chi connectivity index (χ1) is 16.7. The van der Waals surface area contributed by atoms with E-state index in [-0.39, 0.29) is 18.4 Å². The summed E-state index contributed by atoms with van der Waals surface area (Å²) in [7, 11) is -3.87. The van der Waals surface area contributed by atoms with Crippen LogP contribution in [-0.2, 0) is 29.1 Å². The fourth-order valence-corrected chi connectivity index (χ4v) is 6.66. The molecular weight excluding hydrogens is 516 g/mol. The normalized spacial score (nSPS) is 23.9. The number of piperidine rings is 1. The van der Waals surface area contributed by atoms with Gasteiger partial charge in [-0.05, 0) is 43.9 Å². The fraction of sp³-hybridized carbons (Fsp3) is 0.591. The van der Waals surface area contributed by atoms with Gasteiger partial charge in [-0.25, -0.2) is 8.42 Å². The van der Waals surface area contributed by atoms with Gasteiger partial charge in [-0.15, -0.1) is 11.3 Å². The number of amides is 3. The van der Waals surface area contributed by atoms with Gasteiger partial charge in [-0.1, -0.05) is 11.6 Å². The molecule has 4 rings (SSSR count). The lowest BCUT2D eigenvalue weighted by molar-refractivity contribution is -0.149. The third kappa shape index (κ3) is 6.62. The lowest BCUT2D eigenvalue weighted by Gasteiger charge is -2.35. The van der Waals surface area contributed by atoms with E-state index in [1.54, 1.807) is 21.9 Å². The maximum Gasteiger partial charge on any atom is 0.245 e. The van der Waals surface area contributed by atoms with Crippen molar-refractivity contribution in [2.24, 2.45) is 0 Å². The highest BCUT2D eigenvalue weighted by Gasteiger charge is 2.39. The van der Waals surface area contributed by atoms with Crippen molar-refractivity contribution in [3.8, 4) is 0 Å².